The fourth-order valence-corrected chi connectivity index (χ4v) is 1.91. The number of rotatable bonds is 6. The van der Waals surface area contributed by atoms with E-state index in [0.29, 0.717) is 12.5 Å². The van der Waals surface area contributed by atoms with Crippen molar-refractivity contribution in [1.82, 2.24) is 4.90 Å². The Morgan fingerprint density at radius 2 is 2.12 bits per heavy atom. The summed E-state index contributed by atoms with van der Waals surface area (Å²) in [5.41, 5.74) is 6.84. The zero-order chi connectivity index (χ0) is 12.1. The first-order chi connectivity index (χ1) is 7.56. The van der Waals surface area contributed by atoms with Gasteiger partial charge in [0, 0.05) is 18.7 Å². The van der Waals surface area contributed by atoms with Crippen LogP contribution in [0.25, 0.3) is 0 Å². The Labute approximate surface area is 98.6 Å². The van der Waals surface area contributed by atoms with Crippen LogP contribution in [0.4, 0.5) is 0 Å². The quantitative estimate of drug-likeness (QED) is 0.807. The Hall–Kier alpha value is -0.800. The third-order valence-electron chi connectivity index (χ3n) is 2.74. The van der Waals surface area contributed by atoms with Crippen LogP contribution in [0.2, 0.25) is 0 Å². The summed E-state index contributed by atoms with van der Waals surface area (Å²) in [6.07, 6.45) is 0. The third kappa shape index (κ3) is 3.65. The summed E-state index contributed by atoms with van der Waals surface area (Å²) in [6.45, 7) is 12.3. The highest BCUT2D eigenvalue weighted by Crippen LogP contribution is 2.16. The summed E-state index contributed by atoms with van der Waals surface area (Å²) >= 11 is 0. The Balaban J connectivity index is 2.65. The maximum atomic E-state index is 5.57. The van der Waals surface area contributed by atoms with Gasteiger partial charge in [-0.15, -0.1) is 0 Å². The van der Waals surface area contributed by atoms with E-state index in [9.17, 15) is 0 Å². The second-order valence-electron chi connectivity index (χ2n) is 4.72. The molecule has 0 aliphatic heterocycles. The van der Waals surface area contributed by atoms with E-state index in [4.69, 9.17) is 10.2 Å². The van der Waals surface area contributed by atoms with Crippen molar-refractivity contribution >= 4 is 0 Å². The molecule has 0 aromatic carbocycles. The van der Waals surface area contributed by atoms with Gasteiger partial charge in [-0.1, -0.05) is 20.8 Å². The molecule has 1 heterocycles. The lowest BCUT2D eigenvalue weighted by Crippen LogP contribution is -2.27. The molecule has 1 rings (SSSR count). The van der Waals surface area contributed by atoms with Crippen LogP contribution in [0.3, 0.4) is 0 Å². The summed E-state index contributed by atoms with van der Waals surface area (Å²) < 4.78 is 5.56. The lowest BCUT2D eigenvalue weighted by atomic mass is 10.1. The first kappa shape index (κ1) is 13.3. The topological polar surface area (TPSA) is 42.4 Å². The fraction of sp³-hybridized carbons (Fsp3) is 0.692. The Morgan fingerprint density at radius 3 is 2.56 bits per heavy atom. The van der Waals surface area contributed by atoms with E-state index >= 15 is 0 Å². The number of aryl methyl sites for hydroxylation is 1. The molecule has 0 saturated heterocycles. The molecule has 0 saturated carbocycles. The number of nitrogens with zero attached hydrogens (tertiary/aromatic N) is 1. The highest BCUT2D eigenvalue weighted by atomic mass is 16.3. The van der Waals surface area contributed by atoms with Gasteiger partial charge >= 0.3 is 0 Å². The average Bonchev–Trinajstić information content (AvgIpc) is 2.58. The number of nitrogens with two attached hydrogens (primary N) is 1. The van der Waals surface area contributed by atoms with Gasteiger partial charge in [0.05, 0.1) is 6.54 Å². The van der Waals surface area contributed by atoms with E-state index in [1.807, 2.05) is 6.92 Å². The molecule has 0 fully saturated rings. The average molecular weight is 224 g/mol. The Kier molecular flexibility index (Phi) is 5.03. The predicted octanol–water partition coefficient (Wildman–Crippen LogP) is 2.52. The van der Waals surface area contributed by atoms with Crippen LogP contribution in [0.15, 0.2) is 10.5 Å². The zero-order valence-electron chi connectivity index (χ0n) is 10.9. The van der Waals surface area contributed by atoms with E-state index in [1.54, 1.807) is 0 Å². The minimum absolute atomic E-state index is 0.483. The summed E-state index contributed by atoms with van der Waals surface area (Å²) in [7, 11) is 0. The van der Waals surface area contributed by atoms with Gasteiger partial charge in [-0.3, -0.25) is 4.90 Å². The Morgan fingerprint density at radius 1 is 1.44 bits per heavy atom. The van der Waals surface area contributed by atoms with Crippen molar-refractivity contribution in [3.8, 4) is 0 Å². The van der Waals surface area contributed by atoms with Gasteiger partial charge in [-0.05, 0) is 25.5 Å². The van der Waals surface area contributed by atoms with Gasteiger partial charge in [0.1, 0.15) is 11.5 Å². The summed E-state index contributed by atoms with van der Waals surface area (Å²) in [5.74, 6) is 2.58. The summed E-state index contributed by atoms with van der Waals surface area (Å²) in [6, 6.07) is 2.08. The van der Waals surface area contributed by atoms with Crippen molar-refractivity contribution in [3.05, 3.63) is 23.2 Å². The van der Waals surface area contributed by atoms with Gasteiger partial charge in [-0.2, -0.15) is 0 Å². The molecule has 0 aliphatic carbocycles. The molecule has 0 bridgehead atoms. The molecule has 1 aromatic rings. The molecule has 16 heavy (non-hydrogen) atoms. The van der Waals surface area contributed by atoms with E-state index in [1.165, 1.54) is 5.56 Å². The first-order valence-corrected chi connectivity index (χ1v) is 6.07. The highest BCUT2D eigenvalue weighted by molar-refractivity contribution is 5.20. The maximum Gasteiger partial charge on any atom is 0.118 e. The number of furan rings is 1. The molecule has 0 aliphatic rings. The molecule has 3 heteroatoms. The molecular formula is C13H24N2O. The van der Waals surface area contributed by atoms with E-state index in [-0.39, 0.29) is 0 Å². The molecule has 0 radical (unpaired) electrons. The fourth-order valence-electron chi connectivity index (χ4n) is 1.91. The van der Waals surface area contributed by atoms with Gasteiger partial charge < -0.3 is 10.2 Å². The molecule has 0 spiro atoms. The molecule has 3 nitrogen and oxygen atoms in total. The largest absolute Gasteiger partial charge is 0.465 e. The van der Waals surface area contributed by atoms with Gasteiger partial charge in [0.2, 0.25) is 0 Å². The second-order valence-corrected chi connectivity index (χ2v) is 4.72. The van der Waals surface area contributed by atoms with E-state index in [0.717, 1.165) is 31.2 Å². The highest BCUT2D eigenvalue weighted by Gasteiger charge is 2.11. The SMILES string of the molecule is CCN(Cc1cc(CN)oc1C)CC(C)C. The number of hydrogen-bond acceptors (Lipinski definition) is 3. The zero-order valence-corrected chi connectivity index (χ0v) is 10.9. The van der Waals surface area contributed by atoms with Crippen LogP contribution in [0.1, 0.15) is 37.9 Å². The molecule has 0 unspecified atom stereocenters. The van der Waals surface area contributed by atoms with Crippen LogP contribution >= 0.6 is 0 Å². The van der Waals surface area contributed by atoms with Gasteiger partial charge in [0.15, 0.2) is 0 Å². The van der Waals surface area contributed by atoms with Crippen molar-refractivity contribution in [2.24, 2.45) is 11.7 Å². The van der Waals surface area contributed by atoms with Crippen molar-refractivity contribution < 1.29 is 4.42 Å². The second kappa shape index (κ2) is 6.06. The van der Waals surface area contributed by atoms with Crippen LogP contribution in [0.5, 0.6) is 0 Å². The molecule has 1 aromatic heterocycles. The van der Waals surface area contributed by atoms with Gasteiger partial charge in [0.25, 0.3) is 0 Å². The van der Waals surface area contributed by atoms with Crippen LogP contribution in [-0.2, 0) is 13.1 Å². The molecule has 2 N–H and O–H groups in total. The number of hydrogen-bond donors (Lipinski definition) is 1. The smallest absolute Gasteiger partial charge is 0.118 e. The Bertz CT molecular complexity index is 318. The van der Waals surface area contributed by atoms with E-state index < -0.39 is 0 Å². The monoisotopic (exact) mass is 224 g/mol. The van der Waals surface area contributed by atoms with Crippen molar-refractivity contribution in [1.29, 1.82) is 0 Å². The summed E-state index contributed by atoms with van der Waals surface area (Å²) in [4.78, 5) is 2.43. The van der Waals surface area contributed by atoms with Crippen molar-refractivity contribution in [2.45, 2.75) is 40.8 Å². The normalized spacial score (nSPS) is 11.7. The third-order valence-corrected chi connectivity index (χ3v) is 2.74. The van der Waals surface area contributed by atoms with Crippen molar-refractivity contribution in [3.63, 3.8) is 0 Å². The minimum Gasteiger partial charge on any atom is -0.465 e. The van der Waals surface area contributed by atoms with E-state index in [2.05, 4.69) is 31.7 Å². The minimum atomic E-state index is 0.483. The maximum absolute atomic E-state index is 5.57. The van der Waals surface area contributed by atoms with Crippen molar-refractivity contribution in [2.75, 3.05) is 13.1 Å². The summed E-state index contributed by atoms with van der Waals surface area (Å²) in [5, 5.41) is 0. The lowest BCUT2D eigenvalue weighted by molar-refractivity contribution is 0.247. The van der Waals surface area contributed by atoms with Crippen LogP contribution in [-0.4, -0.2) is 18.0 Å². The molecular weight excluding hydrogens is 200 g/mol. The van der Waals surface area contributed by atoms with Gasteiger partial charge in [-0.25, -0.2) is 0 Å². The predicted molar refractivity (Wildman–Crippen MR) is 67.1 cm³/mol. The van der Waals surface area contributed by atoms with Crippen LogP contribution in [0, 0.1) is 12.8 Å². The molecule has 0 atom stereocenters. The molecule has 92 valence electrons. The lowest BCUT2D eigenvalue weighted by Gasteiger charge is -2.21. The first-order valence-electron chi connectivity index (χ1n) is 6.07. The molecule has 0 amide bonds. The van der Waals surface area contributed by atoms with Crippen LogP contribution < -0.4 is 5.73 Å². The standard InChI is InChI=1S/C13H24N2O/c1-5-15(8-10(2)3)9-12-6-13(7-14)16-11(12)4/h6,10H,5,7-9,14H2,1-4H3.